The second-order valence-corrected chi connectivity index (χ2v) is 6.00. The SMILES string of the molecule is COc1cc(C)ccc1C(O)Cc1nc(C)c(C)s1. The van der Waals surface area contributed by atoms with Gasteiger partial charge >= 0.3 is 0 Å². The van der Waals surface area contributed by atoms with Gasteiger partial charge in [0, 0.05) is 16.9 Å². The Bertz CT molecular complexity index is 558. The zero-order chi connectivity index (χ0) is 14.0. The average molecular weight is 277 g/mol. The van der Waals surface area contributed by atoms with Gasteiger partial charge in [-0.05, 0) is 32.4 Å². The van der Waals surface area contributed by atoms with Crippen molar-refractivity contribution in [3.05, 3.63) is 44.9 Å². The van der Waals surface area contributed by atoms with E-state index in [9.17, 15) is 5.11 Å². The molecule has 0 bridgehead atoms. The van der Waals surface area contributed by atoms with Crippen LogP contribution in [0.4, 0.5) is 0 Å². The summed E-state index contributed by atoms with van der Waals surface area (Å²) in [6, 6.07) is 5.85. The number of benzene rings is 1. The molecule has 102 valence electrons. The molecule has 2 aromatic rings. The Morgan fingerprint density at radius 3 is 2.63 bits per heavy atom. The molecule has 1 atom stereocenters. The minimum atomic E-state index is -0.583. The number of hydrogen-bond acceptors (Lipinski definition) is 4. The van der Waals surface area contributed by atoms with E-state index in [-0.39, 0.29) is 0 Å². The van der Waals surface area contributed by atoms with Crippen molar-refractivity contribution in [3.63, 3.8) is 0 Å². The highest BCUT2D eigenvalue weighted by atomic mass is 32.1. The highest BCUT2D eigenvalue weighted by Gasteiger charge is 2.16. The van der Waals surface area contributed by atoms with E-state index < -0.39 is 6.10 Å². The number of rotatable bonds is 4. The van der Waals surface area contributed by atoms with Crippen LogP contribution in [0.2, 0.25) is 0 Å². The molecule has 0 spiro atoms. The van der Waals surface area contributed by atoms with Crippen molar-refractivity contribution in [2.45, 2.75) is 33.3 Å². The number of aliphatic hydroxyl groups is 1. The third-order valence-electron chi connectivity index (χ3n) is 3.19. The summed E-state index contributed by atoms with van der Waals surface area (Å²) in [7, 11) is 1.63. The highest BCUT2D eigenvalue weighted by Crippen LogP contribution is 2.30. The van der Waals surface area contributed by atoms with Crippen molar-refractivity contribution in [1.29, 1.82) is 0 Å². The number of ether oxygens (including phenoxy) is 1. The number of nitrogens with zero attached hydrogens (tertiary/aromatic N) is 1. The largest absolute Gasteiger partial charge is 0.496 e. The van der Waals surface area contributed by atoms with Crippen LogP contribution < -0.4 is 4.74 Å². The van der Waals surface area contributed by atoms with Gasteiger partial charge in [0.2, 0.25) is 0 Å². The van der Waals surface area contributed by atoms with Crippen LogP contribution in [0.5, 0.6) is 5.75 Å². The topological polar surface area (TPSA) is 42.4 Å². The van der Waals surface area contributed by atoms with Crippen LogP contribution in [0.1, 0.15) is 32.8 Å². The van der Waals surface area contributed by atoms with Crippen molar-refractivity contribution in [2.24, 2.45) is 0 Å². The van der Waals surface area contributed by atoms with E-state index in [1.54, 1.807) is 18.4 Å². The fraction of sp³-hybridized carbons (Fsp3) is 0.400. The van der Waals surface area contributed by atoms with Crippen molar-refractivity contribution < 1.29 is 9.84 Å². The molecule has 4 heteroatoms. The smallest absolute Gasteiger partial charge is 0.124 e. The molecule has 1 N–H and O–H groups in total. The van der Waals surface area contributed by atoms with Crippen LogP contribution in [0.3, 0.4) is 0 Å². The fourth-order valence-corrected chi connectivity index (χ4v) is 2.97. The highest BCUT2D eigenvalue weighted by molar-refractivity contribution is 7.11. The first kappa shape index (κ1) is 14.0. The second kappa shape index (κ2) is 5.72. The van der Waals surface area contributed by atoms with E-state index in [4.69, 9.17) is 4.74 Å². The van der Waals surface area contributed by atoms with Gasteiger partial charge in [-0.15, -0.1) is 11.3 Å². The number of aliphatic hydroxyl groups excluding tert-OH is 1. The Hall–Kier alpha value is -1.39. The van der Waals surface area contributed by atoms with Gasteiger partial charge in [0.1, 0.15) is 5.75 Å². The fourth-order valence-electron chi connectivity index (χ4n) is 2.00. The van der Waals surface area contributed by atoms with Crippen molar-refractivity contribution >= 4 is 11.3 Å². The second-order valence-electron chi connectivity index (χ2n) is 4.71. The molecule has 19 heavy (non-hydrogen) atoms. The normalized spacial score (nSPS) is 12.5. The third-order valence-corrected chi connectivity index (χ3v) is 4.28. The first-order valence-corrected chi connectivity index (χ1v) is 7.08. The summed E-state index contributed by atoms with van der Waals surface area (Å²) in [5.74, 6) is 0.734. The summed E-state index contributed by atoms with van der Waals surface area (Å²) in [6.45, 7) is 6.05. The van der Waals surface area contributed by atoms with Crippen molar-refractivity contribution in [1.82, 2.24) is 4.98 Å². The average Bonchev–Trinajstić information content (AvgIpc) is 2.67. The molecule has 1 heterocycles. The summed E-state index contributed by atoms with van der Waals surface area (Å²) in [6.07, 6.45) is -0.0563. The number of thiazole rings is 1. The molecule has 0 aliphatic rings. The Kier molecular flexibility index (Phi) is 4.22. The molecule has 0 aliphatic carbocycles. The Labute approximate surface area is 117 Å². The van der Waals surface area contributed by atoms with Crippen LogP contribution in [0.25, 0.3) is 0 Å². The van der Waals surface area contributed by atoms with Gasteiger partial charge in [-0.2, -0.15) is 0 Å². The molecule has 1 unspecified atom stereocenters. The molecule has 0 radical (unpaired) electrons. The van der Waals surface area contributed by atoms with Gasteiger partial charge < -0.3 is 9.84 Å². The first-order valence-electron chi connectivity index (χ1n) is 6.26. The maximum atomic E-state index is 10.4. The lowest BCUT2D eigenvalue weighted by atomic mass is 10.0. The standard InChI is InChI=1S/C15H19NO2S/c1-9-5-6-12(14(7-9)18-4)13(17)8-15-16-10(2)11(3)19-15/h5-7,13,17H,8H2,1-4H3. The lowest BCUT2D eigenvalue weighted by molar-refractivity contribution is 0.174. The van der Waals surface area contributed by atoms with Gasteiger partial charge in [0.25, 0.3) is 0 Å². The first-order chi connectivity index (χ1) is 9.01. The summed E-state index contributed by atoms with van der Waals surface area (Å²) in [4.78, 5) is 5.67. The zero-order valence-electron chi connectivity index (χ0n) is 11.7. The minimum Gasteiger partial charge on any atom is -0.496 e. The van der Waals surface area contributed by atoms with Crippen molar-refractivity contribution in [2.75, 3.05) is 7.11 Å². The van der Waals surface area contributed by atoms with E-state index in [1.807, 2.05) is 32.0 Å². The minimum absolute atomic E-state index is 0.527. The lowest BCUT2D eigenvalue weighted by Crippen LogP contribution is -2.04. The Balaban J connectivity index is 2.22. The molecule has 1 aromatic carbocycles. The number of aryl methyl sites for hydroxylation is 3. The molecule has 0 saturated carbocycles. The zero-order valence-corrected chi connectivity index (χ0v) is 12.5. The summed E-state index contributed by atoms with van der Waals surface area (Å²) >= 11 is 1.64. The summed E-state index contributed by atoms with van der Waals surface area (Å²) in [5.41, 5.74) is 2.98. The summed E-state index contributed by atoms with van der Waals surface area (Å²) < 4.78 is 5.34. The van der Waals surface area contributed by atoms with Gasteiger partial charge in [-0.3, -0.25) is 0 Å². The number of methoxy groups -OCH3 is 1. The van der Waals surface area contributed by atoms with Crippen LogP contribution in [0, 0.1) is 20.8 Å². The van der Waals surface area contributed by atoms with Crippen LogP contribution in [0.15, 0.2) is 18.2 Å². The third kappa shape index (κ3) is 3.14. The molecular weight excluding hydrogens is 258 g/mol. The predicted molar refractivity (Wildman–Crippen MR) is 78.0 cm³/mol. The molecule has 1 aromatic heterocycles. The monoisotopic (exact) mass is 277 g/mol. The molecule has 3 nitrogen and oxygen atoms in total. The molecule has 0 amide bonds. The van der Waals surface area contributed by atoms with E-state index in [0.717, 1.165) is 27.6 Å². The maximum Gasteiger partial charge on any atom is 0.124 e. The molecule has 0 saturated heterocycles. The Morgan fingerprint density at radius 2 is 2.05 bits per heavy atom. The van der Waals surface area contributed by atoms with Gasteiger partial charge in [-0.1, -0.05) is 12.1 Å². The van der Waals surface area contributed by atoms with Gasteiger partial charge in [0.05, 0.1) is 23.9 Å². The maximum absolute atomic E-state index is 10.4. The summed E-state index contributed by atoms with van der Waals surface area (Å²) in [5, 5.41) is 11.3. The van der Waals surface area contributed by atoms with Crippen LogP contribution >= 0.6 is 11.3 Å². The van der Waals surface area contributed by atoms with Crippen molar-refractivity contribution in [3.8, 4) is 5.75 Å². The van der Waals surface area contributed by atoms with E-state index >= 15 is 0 Å². The van der Waals surface area contributed by atoms with Crippen LogP contribution in [-0.2, 0) is 6.42 Å². The quantitative estimate of drug-likeness (QED) is 0.932. The van der Waals surface area contributed by atoms with E-state index in [0.29, 0.717) is 6.42 Å². The predicted octanol–water partition coefficient (Wildman–Crippen LogP) is 3.35. The molecular formula is C15H19NO2S. The number of aromatic nitrogens is 1. The van der Waals surface area contributed by atoms with E-state index in [1.165, 1.54) is 4.88 Å². The molecule has 0 fully saturated rings. The van der Waals surface area contributed by atoms with Gasteiger partial charge in [0.15, 0.2) is 0 Å². The van der Waals surface area contributed by atoms with Gasteiger partial charge in [-0.25, -0.2) is 4.98 Å². The number of hydrogen-bond donors (Lipinski definition) is 1. The molecule has 2 rings (SSSR count). The Morgan fingerprint density at radius 1 is 1.32 bits per heavy atom. The van der Waals surface area contributed by atoms with E-state index in [2.05, 4.69) is 11.9 Å². The van der Waals surface area contributed by atoms with Crippen LogP contribution in [-0.4, -0.2) is 17.2 Å². The lowest BCUT2D eigenvalue weighted by Gasteiger charge is -2.14. The molecule has 0 aliphatic heterocycles.